The molecule has 1 aliphatic rings. The zero-order valence-corrected chi connectivity index (χ0v) is 14.2. The Hall–Kier alpha value is -0.855. The average Bonchev–Trinajstić information content (AvgIpc) is 2.63. The fourth-order valence-electron chi connectivity index (χ4n) is 2.26. The second-order valence-electron chi connectivity index (χ2n) is 5.37. The van der Waals surface area contributed by atoms with Crippen LogP contribution in [0.2, 0.25) is 0 Å². The summed E-state index contributed by atoms with van der Waals surface area (Å²) in [4.78, 5) is 31.2. The predicted octanol–water partition coefficient (Wildman–Crippen LogP) is -2.66. The van der Waals surface area contributed by atoms with Crippen molar-refractivity contribution in [3.63, 3.8) is 0 Å². The lowest BCUT2D eigenvalue weighted by Crippen LogP contribution is -2.60. The van der Waals surface area contributed by atoms with Gasteiger partial charge in [0.2, 0.25) is 0 Å². The van der Waals surface area contributed by atoms with Gasteiger partial charge in [0.25, 0.3) is 5.85 Å². The maximum Gasteiger partial charge on any atom is 0.468 e. The van der Waals surface area contributed by atoms with Crippen molar-refractivity contribution in [2.45, 2.75) is 29.1 Å². The zero-order chi connectivity index (χ0) is 20.3. The summed E-state index contributed by atoms with van der Waals surface area (Å²) in [5, 5.41) is 16.4. The minimum Gasteiger partial charge on any atom is -0.386 e. The molecule has 0 bridgehead atoms. The molecule has 4 atom stereocenters. The van der Waals surface area contributed by atoms with Crippen molar-refractivity contribution in [2.75, 3.05) is 0 Å². The van der Waals surface area contributed by atoms with Crippen LogP contribution in [0.4, 0.5) is 8.78 Å². The number of H-pyrrole nitrogens is 1. The molecule has 6 radical (unpaired) electrons. The van der Waals surface area contributed by atoms with Crippen molar-refractivity contribution in [1.82, 2.24) is 9.55 Å². The number of aromatic nitrogens is 2. The third-order valence-corrected chi connectivity index (χ3v) is 4.33. The highest BCUT2D eigenvalue weighted by Gasteiger charge is 2.68. The van der Waals surface area contributed by atoms with Gasteiger partial charge in [-0.3, -0.25) is 14.1 Å². The molecule has 1 fully saturated rings. The van der Waals surface area contributed by atoms with E-state index in [4.69, 9.17) is 33.3 Å². The summed E-state index contributed by atoms with van der Waals surface area (Å²) in [6, 6.07) is 0. The van der Waals surface area contributed by atoms with E-state index in [1.807, 2.05) is 0 Å². The lowest BCUT2D eigenvalue weighted by Gasteiger charge is -2.40. The average molecular weight is 406 g/mol. The molecular weight excluding hydrogens is 398 g/mol. The van der Waals surface area contributed by atoms with Crippen LogP contribution in [-0.4, -0.2) is 76.6 Å². The number of hydrogen-bond acceptors (Lipinski definition) is 7. The first kappa shape index (κ1) is 21.4. The molecule has 0 saturated carbocycles. The Bertz CT molecular complexity index is 894. The Labute approximate surface area is 152 Å². The van der Waals surface area contributed by atoms with E-state index in [-0.39, 0.29) is 4.57 Å². The molecule has 2 rings (SSSR count). The zero-order valence-electron chi connectivity index (χ0n) is 12.4. The fraction of sp³-hybridized carbons (Fsp3) is 0.556. The second-order valence-corrected chi connectivity index (χ2v) is 6.94. The van der Waals surface area contributed by atoms with Gasteiger partial charge in [0.05, 0.1) is 5.40 Å². The van der Waals surface area contributed by atoms with Crippen LogP contribution in [-0.2, 0) is 19.4 Å². The normalized spacial score (nSPS) is 32.7. The SMILES string of the molecule is [B]C([B])(OP(=O)(O)O)[C@@]1(F)O[C@@]([B])(n2cc(F)c(=S)[nH]c2=O)[C@H](O)[C@@H]1O. The van der Waals surface area contributed by atoms with Crippen molar-refractivity contribution in [3.05, 3.63) is 27.1 Å². The minimum absolute atomic E-state index is 0.0981. The molecule has 10 nitrogen and oxygen atoms in total. The van der Waals surface area contributed by atoms with Gasteiger partial charge in [-0.15, -0.1) is 0 Å². The van der Waals surface area contributed by atoms with E-state index in [0.29, 0.717) is 6.20 Å². The van der Waals surface area contributed by atoms with Gasteiger partial charge in [-0.1, -0.05) is 12.2 Å². The van der Waals surface area contributed by atoms with Gasteiger partial charge >= 0.3 is 13.5 Å². The van der Waals surface area contributed by atoms with Crippen molar-refractivity contribution < 1.29 is 42.6 Å². The molecule has 1 aromatic heterocycles. The summed E-state index contributed by atoms with van der Waals surface area (Å²) in [5.41, 5.74) is -4.31. The Morgan fingerprint density at radius 3 is 2.46 bits per heavy atom. The predicted molar refractivity (Wildman–Crippen MR) is 83.9 cm³/mol. The molecular formula is C9H8B3F2N2O8PS. The highest BCUT2D eigenvalue weighted by molar-refractivity contribution is 7.71. The quantitative estimate of drug-likeness (QED) is 0.205. The standard InChI is InChI=1S/C9H8B3F2N2O8PS/c10-8(16-1-2(13)5(26)15-6(16)19)4(18)3(17)7(14,23-8)9(11,12)24-25(20,21)22/h1,3-4,17-18H,(H,15,19,26)(H2,20,21,22)/t3-,4+,7-,8-/m0/s1. The van der Waals surface area contributed by atoms with Gasteiger partial charge in [0.15, 0.2) is 5.82 Å². The van der Waals surface area contributed by atoms with Gasteiger partial charge in [-0.05, 0) is 0 Å². The Kier molecular flexibility index (Phi) is 5.23. The number of aromatic amines is 1. The Balaban J connectivity index is 2.59. The molecule has 136 valence electrons. The lowest BCUT2D eigenvalue weighted by atomic mass is 9.59. The number of ether oxygens (including phenoxy) is 1. The molecule has 0 aliphatic carbocycles. The van der Waals surface area contributed by atoms with Crippen LogP contribution in [0.3, 0.4) is 0 Å². The van der Waals surface area contributed by atoms with Crippen molar-refractivity contribution >= 4 is 43.6 Å². The molecule has 5 N–H and O–H groups in total. The molecule has 0 amide bonds. The maximum atomic E-state index is 15.1. The Morgan fingerprint density at radius 2 is 1.96 bits per heavy atom. The van der Waals surface area contributed by atoms with Gasteiger partial charge in [0, 0.05) is 6.20 Å². The smallest absolute Gasteiger partial charge is 0.386 e. The number of phosphoric ester groups is 1. The van der Waals surface area contributed by atoms with Gasteiger partial charge in [-0.25, -0.2) is 18.1 Å². The van der Waals surface area contributed by atoms with E-state index in [9.17, 15) is 24.0 Å². The third-order valence-electron chi connectivity index (χ3n) is 3.49. The number of nitrogens with zero attached hydrogens (tertiary/aromatic N) is 1. The van der Waals surface area contributed by atoms with E-state index < -0.39 is 53.1 Å². The third kappa shape index (κ3) is 3.36. The van der Waals surface area contributed by atoms with Crippen molar-refractivity contribution in [3.8, 4) is 0 Å². The molecule has 26 heavy (non-hydrogen) atoms. The van der Waals surface area contributed by atoms with Crippen LogP contribution in [0.1, 0.15) is 0 Å². The summed E-state index contributed by atoms with van der Waals surface area (Å²) in [5.74, 6) is -5.19. The lowest BCUT2D eigenvalue weighted by molar-refractivity contribution is -0.240. The minimum atomic E-state index is -5.52. The molecule has 2 heterocycles. The second kappa shape index (κ2) is 6.35. The summed E-state index contributed by atoms with van der Waals surface area (Å²) in [7, 11) is 10.3. The molecule has 0 unspecified atom stereocenters. The number of halogens is 2. The number of phosphoric acid groups is 1. The number of hydrogen-bond donors (Lipinski definition) is 5. The summed E-state index contributed by atoms with van der Waals surface area (Å²) < 4.78 is 47.5. The highest BCUT2D eigenvalue weighted by Crippen LogP contribution is 2.50. The molecule has 1 aliphatic heterocycles. The molecule has 1 aromatic rings. The molecule has 17 heteroatoms. The largest absolute Gasteiger partial charge is 0.468 e. The van der Waals surface area contributed by atoms with Crippen LogP contribution in [0.15, 0.2) is 11.0 Å². The van der Waals surface area contributed by atoms with Gasteiger partial charge in [-0.2, -0.15) is 0 Å². The number of aliphatic hydroxyl groups excluding tert-OH is 2. The van der Waals surface area contributed by atoms with Crippen LogP contribution in [0, 0.1) is 10.5 Å². The number of alkyl halides is 1. The van der Waals surface area contributed by atoms with Gasteiger partial charge in [0.1, 0.15) is 46.0 Å². The highest BCUT2D eigenvalue weighted by atomic mass is 32.1. The number of aliphatic hydroxyl groups is 2. The first-order valence-corrected chi connectivity index (χ1v) is 8.39. The van der Waals surface area contributed by atoms with E-state index in [2.05, 4.69) is 21.5 Å². The first-order chi connectivity index (χ1) is 11.5. The van der Waals surface area contributed by atoms with Gasteiger partial charge < -0.3 is 24.7 Å². The van der Waals surface area contributed by atoms with Crippen LogP contribution >= 0.6 is 20.0 Å². The van der Waals surface area contributed by atoms with Crippen molar-refractivity contribution in [2.24, 2.45) is 0 Å². The molecule has 0 spiro atoms. The molecule has 0 aromatic carbocycles. The van der Waals surface area contributed by atoms with Crippen molar-refractivity contribution in [1.29, 1.82) is 0 Å². The topological polar surface area (TPSA) is 154 Å². The summed E-state index contributed by atoms with van der Waals surface area (Å²) in [6.45, 7) is 0. The number of nitrogens with one attached hydrogen (secondary N) is 1. The fourth-order valence-corrected chi connectivity index (χ4v) is 2.91. The van der Waals surface area contributed by atoms with Crippen LogP contribution in [0.25, 0.3) is 0 Å². The maximum absolute atomic E-state index is 15.1. The summed E-state index contributed by atoms with van der Waals surface area (Å²) in [6.07, 6.45) is -4.98. The molecule has 1 saturated heterocycles. The van der Waals surface area contributed by atoms with E-state index in [1.165, 1.54) is 0 Å². The number of rotatable bonds is 4. The first-order valence-electron chi connectivity index (χ1n) is 6.45. The van der Waals surface area contributed by atoms with E-state index >= 15 is 4.39 Å². The van der Waals surface area contributed by atoms with E-state index in [1.54, 1.807) is 4.98 Å². The van der Waals surface area contributed by atoms with E-state index in [0.717, 1.165) is 0 Å². The Morgan fingerprint density at radius 1 is 1.42 bits per heavy atom. The monoisotopic (exact) mass is 406 g/mol. The van der Waals surface area contributed by atoms with Crippen LogP contribution < -0.4 is 5.69 Å². The summed E-state index contributed by atoms with van der Waals surface area (Å²) >= 11 is 4.47. The van der Waals surface area contributed by atoms with Crippen LogP contribution in [0.5, 0.6) is 0 Å².